The fourth-order valence-corrected chi connectivity index (χ4v) is 12.4. The van der Waals surface area contributed by atoms with Gasteiger partial charge in [0.25, 0.3) is 11.8 Å². The third-order valence-electron chi connectivity index (χ3n) is 18.6. The summed E-state index contributed by atoms with van der Waals surface area (Å²) >= 11 is 0. The first kappa shape index (κ1) is 82.3. The van der Waals surface area contributed by atoms with Gasteiger partial charge in [0, 0.05) is 25.7 Å². The Hall–Kier alpha value is -7.16. The predicted molar refractivity (Wildman–Crippen MR) is 381 cm³/mol. The molecule has 1 aliphatic rings. The van der Waals surface area contributed by atoms with Crippen molar-refractivity contribution in [3.05, 3.63) is 144 Å². The lowest BCUT2D eigenvalue weighted by Gasteiger charge is -2.30. The van der Waals surface area contributed by atoms with E-state index in [4.69, 9.17) is 23.8 Å². The number of carboxylic acid groups (broad SMARTS) is 1. The monoisotopic (exact) mass is 1340 g/mol. The number of unbranched alkanes of at least 4 members (excludes halogenated alkanes) is 30. The van der Waals surface area contributed by atoms with Crippen LogP contribution in [0.2, 0.25) is 0 Å². The van der Waals surface area contributed by atoms with Crippen LogP contribution in [0.5, 0.6) is 0 Å². The van der Waals surface area contributed by atoms with Crippen LogP contribution in [0.15, 0.2) is 121 Å². The first-order valence-corrected chi connectivity index (χ1v) is 37.5. The van der Waals surface area contributed by atoms with Crippen molar-refractivity contribution in [3.63, 3.8) is 0 Å². The number of carbonyl (C=O) groups is 8. The summed E-state index contributed by atoms with van der Waals surface area (Å²) < 4.78 is 22.1. The third kappa shape index (κ3) is 35.3. The minimum Gasteiger partial charge on any atom is -0.480 e. The highest BCUT2D eigenvalue weighted by Gasteiger charge is 2.51. The number of hydroxylamine groups is 2. The maximum absolute atomic E-state index is 14.0. The molecule has 0 spiro atoms. The molecule has 1 N–H and O–H groups in total. The van der Waals surface area contributed by atoms with Gasteiger partial charge in [-0.15, -0.1) is 5.06 Å². The van der Waals surface area contributed by atoms with E-state index in [1.165, 1.54) is 70.6 Å². The van der Waals surface area contributed by atoms with E-state index in [-0.39, 0.29) is 50.8 Å². The van der Waals surface area contributed by atoms with Crippen molar-refractivity contribution >= 4 is 47.6 Å². The van der Waals surface area contributed by atoms with Gasteiger partial charge in [-0.25, -0.2) is 4.79 Å². The van der Waals surface area contributed by atoms with Gasteiger partial charge in [-0.3, -0.25) is 33.6 Å². The number of carbonyl (C=O) groups excluding carboxylic acids is 7. The Morgan fingerprint density at radius 1 is 0.330 bits per heavy atom. The van der Waals surface area contributed by atoms with Crippen LogP contribution in [-0.4, -0.2) is 57.8 Å². The maximum atomic E-state index is 14.0. The molecule has 5 rings (SSSR count). The summed E-state index contributed by atoms with van der Waals surface area (Å²) in [5.74, 6) is -4.66. The molecule has 1 fully saturated rings. The zero-order valence-corrected chi connectivity index (χ0v) is 59.3. The number of nitrogens with zero attached hydrogens (tertiary/aromatic N) is 1. The second-order valence-electron chi connectivity index (χ2n) is 26.7. The van der Waals surface area contributed by atoms with E-state index < -0.39 is 46.5 Å². The third-order valence-corrected chi connectivity index (χ3v) is 18.6. The van der Waals surface area contributed by atoms with Crippen LogP contribution in [0.3, 0.4) is 0 Å². The van der Waals surface area contributed by atoms with Crippen LogP contribution in [-0.2, 0) is 88.6 Å². The number of hydrogen-bond donors (Lipinski definition) is 1. The van der Waals surface area contributed by atoms with E-state index in [0.29, 0.717) is 63.2 Å². The summed E-state index contributed by atoms with van der Waals surface area (Å²) in [5, 5.41) is 10.9. The average Bonchev–Trinajstić information content (AvgIpc) is 1.31. The van der Waals surface area contributed by atoms with Crippen LogP contribution in [0, 0.1) is 10.8 Å². The minimum atomic E-state index is -1.62. The number of imide groups is 1. The summed E-state index contributed by atoms with van der Waals surface area (Å²) in [6.07, 6.45) is 36.7. The lowest BCUT2D eigenvalue weighted by molar-refractivity contribution is -0.210. The summed E-state index contributed by atoms with van der Waals surface area (Å²) in [6.45, 7) is 5.16. The van der Waals surface area contributed by atoms with Gasteiger partial charge in [0.05, 0.1) is 0 Å². The van der Waals surface area contributed by atoms with E-state index in [1.54, 1.807) is 0 Å². The van der Waals surface area contributed by atoms with Gasteiger partial charge in [-0.05, 0) is 60.8 Å². The van der Waals surface area contributed by atoms with Gasteiger partial charge in [-0.2, -0.15) is 0 Å². The molecule has 0 bridgehead atoms. The number of benzene rings is 4. The number of hydrogen-bond acceptors (Lipinski definition) is 13. The standard InChI is InChI=1S/C43H61NO8.C39H58O6/c1-2-3-4-5-6-8-11-14-23-32-43(41(48)51-35-37-27-20-17-21-28-37,42(49)52-44-38(45)30-31-39(44)46)33-24-15-12-9-7-10-13-22-29-40(47)50-34-36-25-18-16-19-26-36;1-2-3-4-5-6-8-11-14-23-30-39(37(41)42,38(43)45-33-35-27-20-17-21-28-35)31-24-15-12-9-7-10-13-22-29-36(40)44-32-34-25-18-16-19-26-34/h16-21,25-28H,2-15,22-24,29-35H2,1H3;16-21,25-28H,2-15,22-24,29-33H2,1H3,(H,41,42). The molecule has 1 aliphatic heterocycles. The molecule has 15 nitrogen and oxygen atoms in total. The molecule has 0 aliphatic carbocycles. The Morgan fingerprint density at radius 3 is 0.866 bits per heavy atom. The zero-order chi connectivity index (χ0) is 69.7. The van der Waals surface area contributed by atoms with Crippen LogP contribution >= 0.6 is 0 Å². The molecule has 4 aromatic rings. The van der Waals surface area contributed by atoms with Crippen LogP contribution in [0.4, 0.5) is 0 Å². The first-order chi connectivity index (χ1) is 47.3. The van der Waals surface area contributed by atoms with E-state index in [9.17, 15) is 43.5 Å². The van der Waals surface area contributed by atoms with Crippen LogP contribution in [0.1, 0.15) is 306 Å². The molecule has 1 saturated heterocycles. The number of rotatable bonds is 55. The average molecular weight is 1340 g/mol. The van der Waals surface area contributed by atoms with Crippen molar-refractivity contribution in [3.8, 4) is 0 Å². The summed E-state index contributed by atoms with van der Waals surface area (Å²) in [7, 11) is 0. The number of carboxylic acids is 1. The van der Waals surface area contributed by atoms with Gasteiger partial charge in [0.1, 0.15) is 26.4 Å². The number of esters is 4. The van der Waals surface area contributed by atoms with Crippen molar-refractivity contribution in [1.29, 1.82) is 0 Å². The second kappa shape index (κ2) is 52.0. The Bertz CT molecular complexity index is 2760. The molecule has 2 atom stereocenters. The van der Waals surface area contributed by atoms with Crippen molar-refractivity contribution in [1.82, 2.24) is 5.06 Å². The second-order valence-corrected chi connectivity index (χ2v) is 26.7. The molecule has 2 unspecified atom stereocenters. The first-order valence-electron chi connectivity index (χ1n) is 37.5. The van der Waals surface area contributed by atoms with Gasteiger partial charge in [-0.1, -0.05) is 341 Å². The van der Waals surface area contributed by atoms with E-state index in [0.717, 1.165) is 151 Å². The molecule has 0 aromatic heterocycles. The van der Waals surface area contributed by atoms with Gasteiger partial charge in [0.2, 0.25) is 0 Å². The molecule has 4 aromatic carbocycles. The van der Waals surface area contributed by atoms with Crippen molar-refractivity contribution in [2.45, 2.75) is 310 Å². The maximum Gasteiger partial charge on any atom is 0.350 e. The normalized spacial score (nSPS) is 13.2. The molecular weight excluding hydrogens is 1220 g/mol. The summed E-state index contributed by atoms with van der Waals surface area (Å²) in [5.41, 5.74) is 0.542. The predicted octanol–water partition coefficient (Wildman–Crippen LogP) is 20.3. The largest absolute Gasteiger partial charge is 0.480 e. The van der Waals surface area contributed by atoms with E-state index >= 15 is 0 Å². The minimum absolute atomic E-state index is 0.0127. The SMILES string of the molecule is CCCCCCCCCCCC(CCCCCCCCCCC(=O)OCc1ccccc1)(C(=O)O)C(=O)OCc1ccccc1.CCCCCCCCCCCC(CCCCCCCCCCC(=O)OCc1ccccc1)(C(=O)OCc1ccccc1)C(=O)ON1C(=O)CCC1=O. The summed E-state index contributed by atoms with van der Waals surface area (Å²) in [6, 6.07) is 38.1. The van der Waals surface area contributed by atoms with Gasteiger partial charge in [0.15, 0.2) is 10.8 Å². The van der Waals surface area contributed by atoms with Crippen LogP contribution in [0.25, 0.3) is 0 Å². The molecule has 0 saturated carbocycles. The molecule has 2 amide bonds. The van der Waals surface area contributed by atoms with Crippen molar-refractivity contribution in [2.24, 2.45) is 10.8 Å². The molecular formula is C82H119NO14. The number of ether oxygens (including phenoxy) is 4. The Labute approximate surface area is 581 Å². The Morgan fingerprint density at radius 2 is 0.577 bits per heavy atom. The van der Waals surface area contributed by atoms with E-state index in [1.807, 2.05) is 121 Å². The molecule has 1 heterocycles. The van der Waals surface area contributed by atoms with Gasteiger partial charge < -0.3 is 28.9 Å². The molecule has 97 heavy (non-hydrogen) atoms. The molecule has 15 heteroatoms. The van der Waals surface area contributed by atoms with Crippen molar-refractivity contribution < 1.29 is 67.2 Å². The Balaban J connectivity index is 0.000000417. The highest BCUT2D eigenvalue weighted by Crippen LogP contribution is 2.38. The lowest BCUT2D eigenvalue weighted by Crippen LogP contribution is -2.46. The summed E-state index contributed by atoms with van der Waals surface area (Å²) in [4.78, 5) is 108. The fourth-order valence-electron chi connectivity index (χ4n) is 12.4. The highest BCUT2D eigenvalue weighted by atomic mass is 16.7. The van der Waals surface area contributed by atoms with Crippen LogP contribution < -0.4 is 0 Å². The van der Waals surface area contributed by atoms with Gasteiger partial charge >= 0.3 is 35.8 Å². The van der Waals surface area contributed by atoms with E-state index in [2.05, 4.69) is 13.8 Å². The highest BCUT2D eigenvalue weighted by molar-refractivity contribution is 6.04. The lowest BCUT2D eigenvalue weighted by atomic mass is 9.77. The van der Waals surface area contributed by atoms with Crippen molar-refractivity contribution in [2.75, 3.05) is 0 Å². The number of aliphatic carboxylic acids is 1. The smallest absolute Gasteiger partial charge is 0.350 e. The quantitative estimate of drug-likeness (QED) is 0.0144. The topological polar surface area (TPSA) is 206 Å². The number of amides is 2. The molecule has 536 valence electrons. The Kier molecular flexibility index (Phi) is 44.1. The molecule has 0 radical (unpaired) electrons. The fraction of sp³-hybridized carbons (Fsp3) is 0.610. The zero-order valence-electron chi connectivity index (χ0n) is 59.3.